The second-order valence-electron chi connectivity index (χ2n) is 16.9. The number of unbranched alkanes of at least 4 members (excludes halogenated alkanes) is 19. The van der Waals surface area contributed by atoms with Gasteiger partial charge in [0.15, 0.2) is 0 Å². The van der Waals surface area contributed by atoms with E-state index in [4.69, 9.17) is 3.97 Å². The Morgan fingerprint density at radius 3 is 1.38 bits per heavy atom. The standard InChI is InChI=1S/C50H83O3PS/c1-6-11-16-18-20-22-24-26-29-35-45-44-46-36-33-34-40-49(46)50(48(45)39-32-27-25-23-21-19-17-12-7-2)55(51,52)53-54(41-13-8-3,42-14-9-4,43-15-10-5)47-37-30-28-31-38-47/h28,30-31,33-34,36-38,40,44H,6-27,29,32,35,39,41-43H2,1-5H3. The van der Waals surface area contributed by atoms with Crippen LogP contribution in [-0.4, -0.2) is 26.9 Å². The van der Waals surface area contributed by atoms with Gasteiger partial charge in [0.1, 0.15) is 0 Å². The molecular weight excluding hydrogens is 712 g/mol. The van der Waals surface area contributed by atoms with Gasteiger partial charge in [0.25, 0.3) is 0 Å². The summed E-state index contributed by atoms with van der Waals surface area (Å²) in [6.07, 6.45) is 33.0. The molecule has 0 unspecified atom stereocenters. The van der Waals surface area contributed by atoms with Crippen molar-refractivity contribution in [2.45, 2.75) is 206 Å². The third-order valence-corrected chi connectivity index (χ3v) is 21.3. The fourth-order valence-electron chi connectivity index (χ4n) is 8.99. The molecule has 0 aromatic heterocycles. The Labute approximate surface area is 340 Å². The Kier molecular flexibility index (Phi) is 22.8. The van der Waals surface area contributed by atoms with E-state index in [1.165, 1.54) is 102 Å². The van der Waals surface area contributed by atoms with Crippen molar-refractivity contribution < 1.29 is 12.4 Å². The number of hydrogen-bond acceptors (Lipinski definition) is 3. The monoisotopic (exact) mass is 795 g/mol. The summed E-state index contributed by atoms with van der Waals surface area (Å²) in [6, 6.07) is 21.3. The Hall–Kier alpha value is -1.74. The summed E-state index contributed by atoms with van der Waals surface area (Å²) >= 11 is 0. The smallest absolute Gasteiger partial charge is 0.0654 e. The first-order chi connectivity index (χ1) is 26.8. The summed E-state index contributed by atoms with van der Waals surface area (Å²) in [5.41, 5.74) is 2.28. The van der Waals surface area contributed by atoms with Crippen molar-refractivity contribution in [1.29, 1.82) is 0 Å². The summed E-state index contributed by atoms with van der Waals surface area (Å²) in [6.45, 7) is 7.80. The summed E-state index contributed by atoms with van der Waals surface area (Å²) in [5.74, 6) is 0. The van der Waals surface area contributed by atoms with Crippen LogP contribution in [0.5, 0.6) is 0 Å². The number of hydrogen-bond donors (Lipinski definition) is 0. The predicted octanol–water partition coefficient (Wildman–Crippen LogP) is 15.9. The molecule has 0 bridgehead atoms. The molecule has 0 aliphatic heterocycles. The summed E-state index contributed by atoms with van der Waals surface area (Å²) in [7, 11) is -4.15. The van der Waals surface area contributed by atoms with E-state index in [0.29, 0.717) is 4.90 Å². The first-order valence-corrected chi connectivity index (χ1v) is 27.5. The van der Waals surface area contributed by atoms with Gasteiger partial charge in [0.2, 0.25) is 0 Å². The minimum atomic E-state index is -4.15. The molecule has 0 amide bonds. The predicted molar refractivity (Wildman–Crippen MR) is 246 cm³/mol. The molecule has 0 spiro atoms. The zero-order valence-electron chi connectivity index (χ0n) is 36.4. The van der Waals surface area contributed by atoms with E-state index >= 15 is 8.42 Å². The molecule has 0 fully saturated rings. The van der Waals surface area contributed by atoms with Crippen molar-refractivity contribution in [2.24, 2.45) is 0 Å². The van der Waals surface area contributed by atoms with Crippen LogP contribution in [0.4, 0.5) is 0 Å². The van der Waals surface area contributed by atoms with Crippen molar-refractivity contribution >= 4 is 33.0 Å². The number of aryl methyl sites for hydroxylation is 1. The SMILES string of the molecule is CCCCCCCCCCCc1cc2ccccc2c(S(=O)(=O)OP(CCCC)(CCCC)(CCCC)c2ccccc2)c1CCCCCCCCCCC. The number of rotatable bonds is 33. The molecular formula is C50H83O3PS. The molecule has 3 aromatic rings. The van der Waals surface area contributed by atoms with Crippen molar-refractivity contribution in [1.82, 2.24) is 0 Å². The Morgan fingerprint density at radius 1 is 0.473 bits per heavy atom. The first-order valence-electron chi connectivity index (χ1n) is 23.4. The van der Waals surface area contributed by atoms with Gasteiger partial charge in [-0.3, -0.25) is 0 Å². The van der Waals surface area contributed by atoms with Gasteiger partial charge in [0, 0.05) is 0 Å². The van der Waals surface area contributed by atoms with E-state index in [1.54, 1.807) is 0 Å². The van der Waals surface area contributed by atoms with Crippen LogP contribution in [0.25, 0.3) is 10.8 Å². The third kappa shape index (κ3) is 14.9. The molecule has 0 saturated carbocycles. The first kappa shape index (κ1) is 47.6. The van der Waals surface area contributed by atoms with E-state index in [9.17, 15) is 0 Å². The van der Waals surface area contributed by atoms with E-state index < -0.39 is 16.9 Å². The summed E-state index contributed by atoms with van der Waals surface area (Å²) in [5, 5.41) is 3.03. The van der Waals surface area contributed by atoms with Gasteiger partial charge >= 0.3 is 296 Å². The maximum atomic E-state index is 15.7. The van der Waals surface area contributed by atoms with Crippen molar-refractivity contribution in [2.75, 3.05) is 18.5 Å². The van der Waals surface area contributed by atoms with Crippen molar-refractivity contribution in [3.8, 4) is 0 Å². The van der Waals surface area contributed by atoms with E-state index in [0.717, 1.165) is 111 Å². The van der Waals surface area contributed by atoms with Crippen LogP contribution in [0.15, 0.2) is 65.6 Å². The molecule has 0 N–H and O–H groups in total. The van der Waals surface area contributed by atoms with E-state index in [1.807, 2.05) is 6.07 Å². The zero-order chi connectivity index (χ0) is 39.7. The van der Waals surface area contributed by atoms with Gasteiger partial charge < -0.3 is 0 Å². The van der Waals surface area contributed by atoms with Gasteiger partial charge in [-0.2, -0.15) is 0 Å². The van der Waals surface area contributed by atoms with Gasteiger partial charge in [0.05, 0.1) is 0 Å². The molecule has 0 saturated heterocycles. The fraction of sp³-hybridized carbons (Fsp3) is 0.680. The Bertz CT molecular complexity index is 1540. The van der Waals surface area contributed by atoms with Gasteiger partial charge in [-0.1, -0.05) is 46.0 Å². The maximum absolute atomic E-state index is 15.7. The summed E-state index contributed by atoms with van der Waals surface area (Å²) < 4.78 is 38.8. The van der Waals surface area contributed by atoms with Crippen LogP contribution in [-0.2, 0) is 26.9 Å². The van der Waals surface area contributed by atoms with Crippen LogP contribution in [0, 0.1) is 0 Å². The molecule has 0 atom stereocenters. The van der Waals surface area contributed by atoms with Crippen LogP contribution < -0.4 is 5.30 Å². The molecule has 55 heavy (non-hydrogen) atoms. The molecule has 0 heterocycles. The quantitative estimate of drug-likeness (QED) is 0.0456. The van der Waals surface area contributed by atoms with Gasteiger partial charge in [-0.15, -0.1) is 0 Å². The Balaban J connectivity index is 2.10. The average molecular weight is 795 g/mol. The topological polar surface area (TPSA) is 43.4 Å². The average Bonchev–Trinajstić information content (AvgIpc) is 3.20. The second-order valence-corrected chi connectivity index (χ2v) is 24.0. The second kappa shape index (κ2) is 26.3. The molecule has 3 nitrogen and oxygen atoms in total. The molecule has 312 valence electrons. The van der Waals surface area contributed by atoms with Crippen LogP contribution in [0.2, 0.25) is 0 Å². The zero-order valence-corrected chi connectivity index (χ0v) is 38.1. The summed E-state index contributed by atoms with van der Waals surface area (Å²) in [4.78, 5) is 0.491. The van der Waals surface area contributed by atoms with Crippen LogP contribution >= 0.6 is 6.83 Å². The van der Waals surface area contributed by atoms with Crippen molar-refractivity contribution in [3.63, 3.8) is 0 Å². The van der Waals surface area contributed by atoms with Gasteiger partial charge in [-0.05, 0) is 0 Å². The minimum absolute atomic E-state index is 0.491. The van der Waals surface area contributed by atoms with E-state index in [-0.39, 0.29) is 0 Å². The molecule has 5 heteroatoms. The Morgan fingerprint density at radius 2 is 0.891 bits per heavy atom. The third-order valence-electron chi connectivity index (χ3n) is 12.3. The van der Waals surface area contributed by atoms with Crippen LogP contribution in [0.1, 0.15) is 200 Å². The molecule has 3 rings (SSSR count). The molecule has 0 radical (unpaired) electrons. The van der Waals surface area contributed by atoms with Crippen LogP contribution in [0.3, 0.4) is 0 Å². The molecule has 0 aliphatic rings. The number of fused-ring (bicyclic) bond motifs is 1. The minimum Gasteiger partial charge on any atom is -0.0654 e. The molecule has 0 aliphatic carbocycles. The normalized spacial score (nSPS) is 13.0. The van der Waals surface area contributed by atoms with Crippen molar-refractivity contribution in [3.05, 3.63) is 71.8 Å². The van der Waals surface area contributed by atoms with Gasteiger partial charge in [-0.25, -0.2) is 0 Å². The fourth-order valence-corrected chi connectivity index (χ4v) is 19.1. The number of benzene rings is 3. The van der Waals surface area contributed by atoms with E-state index in [2.05, 4.69) is 89.2 Å². The molecule has 3 aromatic carbocycles.